The van der Waals surface area contributed by atoms with Gasteiger partial charge in [0, 0.05) is 10.6 Å². The Morgan fingerprint density at radius 3 is 3.06 bits per heavy atom. The average molecular weight is 262 g/mol. The molecule has 4 heteroatoms. The molecule has 3 nitrogen and oxygen atoms in total. The second-order valence-corrected chi connectivity index (χ2v) is 6.23. The van der Waals surface area contributed by atoms with Crippen molar-refractivity contribution in [3.63, 3.8) is 0 Å². The topological polar surface area (TPSA) is 51.2 Å². The molecule has 3 N–H and O–H groups in total. The number of hydrazine groups is 1. The SMILES string of the molecule is Cc1ccc2oc(C(NN)C3CCCS3)cc2c1. The van der Waals surface area contributed by atoms with E-state index < -0.39 is 0 Å². The van der Waals surface area contributed by atoms with Crippen LogP contribution < -0.4 is 11.3 Å². The zero-order valence-electron chi connectivity index (χ0n) is 10.5. The van der Waals surface area contributed by atoms with Crippen LogP contribution in [-0.4, -0.2) is 11.0 Å². The largest absolute Gasteiger partial charge is 0.459 e. The van der Waals surface area contributed by atoms with Crippen molar-refractivity contribution in [3.05, 3.63) is 35.6 Å². The molecule has 0 aliphatic carbocycles. The Hall–Kier alpha value is -0.970. The van der Waals surface area contributed by atoms with E-state index >= 15 is 0 Å². The minimum Gasteiger partial charge on any atom is -0.459 e. The predicted octanol–water partition coefficient (Wildman–Crippen LogP) is 3.14. The highest BCUT2D eigenvalue weighted by Crippen LogP contribution is 2.37. The summed E-state index contributed by atoms with van der Waals surface area (Å²) in [6, 6.07) is 8.49. The van der Waals surface area contributed by atoms with Crippen LogP contribution >= 0.6 is 11.8 Å². The summed E-state index contributed by atoms with van der Waals surface area (Å²) in [6.07, 6.45) is 2.47. The Morgan fingerprint density at radius 2 is 2.33 bits per heavy atom. The summed E-state index contributed by atoms with van der Waals surface area (Å²) in [5.41, 5.74) is 5.12. The summed E-state index contributed by atoms with van der Waals surface area (Å²) in [5.74, 6) is 7.89. The lowest BCUT2D eigenvalue weighted by molar-refractivity contribution is 0.421. The summed E-state index contributed by atoms with van der Waals surface area (Å²) in [5, 5.41) is 1.69. The number of aryl methyl sites for hydroxylation is 1. The van der Waals surface area contributed by atoms with Crippen molar-refractivity contribution < 1.29 is 4.42 Å². The van der Waals surface area contributed by atoms with Crippen LogP contribution in [0.15, 0.2) is 28.7 Å². The summed E-state index contributed by atoms with van der Waals surface area (Å²) >= 11 is 1.98. The zero-order valence-corrected chi connectivity index (χ0v) is 11.3. The summed E-state index contributed by atoms with van der Waals surface area (Å²) in [7, 11) is 0. The minimum absolute atomic E-state index is 0.116. The number of furan rings is 1. The zero-order chi connectivity index (χ0) is 12.5. The van der Waals surface area contributed by atoms with Crippen molar-refractivity contribution in [3.8, 4) is 0 Å². The van der Waals surface area contributed by atoms with E-state index in [9.17, 15) is 0 Å². The molecule has 1 saturated heterocycles. The molecule has 3 rings (SSSR count). The van der Waals surface area contributed by atoms with Gasteiger partial charge < -0.3 is 4.42 Å². The first-order chi connectivity index (χ1) is 8.78. The molecule has 0 spiro atoms. The lowest BCUT2D eigenvalue weighted by Gasteiger charge is -2.19. The van der Waals surface area contributed by atoms with Crippen LogP contribution in [0.25, 0.3) is 11.0 Å². The summed E-state index contributed by atoms with van der Waals surface area (Å²) < 4.78 is 5.93. The van der Waals surface area contributed by atoms with E-state index in [0.29, 0.717) is 5.25 Å². The highest BCUT2D eigenvalue weighted by molar-refractivity contribution is 8.00. The average Bonchev–Trinajstić information content (AvgIpc) is 2.98. The molecule has 0 saturated carbocycles. The molecule has 1 fully saturated rings. The Labute approximate surface area is 111 Å². The highest BCUT2D eigenvalue weighted by Gasteiger charge is 2.28. The second-order valence-electron chi connectivity index (χ2n) is 4.89. The van der Waals surface area contributed by atoms with Crippen LogP contribution in [-0.2, 0) is 0 Å². The normalized spacial score (nSPS) is 21.6. The Balaban J connectivity index is 1.96. The van der Waals surface area contributed by atoms with E-state index in [0.717, 1.165) is 16.7 Å². The molecule has 2 atom stereocenters. The van der Waals surface area contributed by atoms with E-state index in [1.165, 1.54) is 24.2 Å². The molecule has 1 aromatic carbocycles. The maximum absolute atomic E-state index is 5.93. The maximum Gasteiger partial charge on any atom is 0.134 e. The molecule has 0 bridgehead atoms. The van der Waals surface area contributed by atoms with Crippen molar-refractivity contribution in [2.75, 3.05) is 5.75 Å². The third kappa shape index (κ3) is 2.16. The molecular formula is C14H18N2OS. The Morgan fingerprint density at radius 1 is 1.44 bits per heavy atom. The van der Waals surface area contributed by atoms with Crippen LogP contribution in [0.5, 0.6) is 0 Å². The van der Waals surface area contributed by atoms with Crippen molar-refractivity contribution in [2.45, 2.75) is 31.1 Å². The van der Waals surface area contributed by atoms with Gasteiger partial charge in [0.15, 0.2) is 0 Å². The van der Waals surface area contributed by atoms with E-state index in [4.69, 9.17) is 10.3 Å². The van der Waals surface area contributed by atoms with Gasteiger partial charge in [-0.1, -0.05) is 11.6 Å². The second kappa shape index (κ2) is 4.96. The van der Waals surface area contributed by atoms with Crippen LogP contribution in [0.2, 0.25) is 0 Å². The number of thioether (sulfide) groups is 1. The number of hydrogen-bond acceptors (Lipinski definition) is 4. The molecule has 96 valence electrons. The Bertz CT molecular complexity index is 546. The first-order valence-corrected chi connectivity index (χ1v) is 7.40. The molecular weight excluding hydrogens is 244 g/mol. The third-order valence-electron chi connectivity index (χ3n) is 3.51. The maximum atomic E-state index is 5.93. The number of nitrogens with one attached hydrogen (secondary N) is 1. The smallest absolute Gasteiger partial charge is 0.134 e. The van der Waals surface area contributed by atoms with Gasteiger partial charge >= 0.3 is 0 Å². The van der Waals surface area contributed by atoms with Gasteiger partial charge in [-0.3, -0.25) is 5.84 Å². The number of rotatable bonds is 3. The fourth-order valence-corrected chi connectivity index (χ4v) is 3.95. The fraction of sp³-hybridized carbons (Fsp3) is 0.429. The van der Waals surface area contributed by atoms with Crippen molar-refractivity contribution in [1.82, 2.24) is 5.43 Å². The van der Waals surface area contributed by atoms with Gasteiger partial charge in [0.05, 0.1) is 6.04 Å². The van der Waals surface area contributed by atoms with Gasteiger partial charge in [-0.25, -0.2) is 5.43 Å². The van der Waals surface area contributed by atoms with Gasteiger partial charge in [0.25, 0.3) is 0 Å². The first-order valence-electron chi connectivity index (χ1n) is 6.36. The molecule has 1 aliphatic rings. The van der Waals surface area contributed by atoms with E-state index in [2.05, 4.69) is 30.5 Å². The van der Waals surface area contributed by atoms with Gasteiger partial charge in [0.2, 0.25) is 0 Å². The Kier molecular flexibility index (Phi) is 3.33. The minimum atomic E-state index is 0.116. The van der Waals surface area contributed by atoms with Gasteiger partial charge in [-0.15, -0.1) is 0 Å². The monoisotopic (exact) mass is 262 g/mol. The number of benzene rings is 1. The first kappa shape index (κ1) is 12.1. The quantitative estimate of drug-likeness (QED) is 0.659. The molecule has 2 heterocycles. The molecule has 0 amide bonds. The lowest BCUT2D eigenvalue weighted by atomic mass is 10.1. The number of nitrogens with two attached hydrogens (primary N) is 1. The molecule has 1 aromatic heterocycles. The third-order valence-corrected chi connectivity index (χ3v) is 4.97. The van der Waals surface area contributed by atoms with E-state index in [1.807, 2.05) is 17.8 Å². The molecule has 18 heavy (non-hydrogen) atoms. The number of fused-ring (bicyclic) bond motifs is 1. The fourth-order valence-electron chi connectivity index (χ4n) is 2.57. The molecule has 0 radical (unpaired) electrons. The highest BCUT2D eigenvalue weighted by atomic mass is 32.2. The molecule has 2 aromatic rings. The van der Waals surface area contributed by atoms with Crippen LogP contribution in [0.3, 0.4) is 0 Å². The predicted molar refractivity (Wildman–Crippen MR) is 76.5 cm³/mol. The summed E-state index contributed by atoms with van der Waals surface area (Å²) in [4.78, 5) is 0. The van der Waals surface area contributed by atoms with Crippen LogP contribution in [0.1, 0.15) is 30.2 Å². The van der Waals surface area contributed by atoms with Gasteiger partial charge in [-0.05, 0) is 43.7 Å². The van der Waals surface area contributed by atoms with Gasteiger partial charge in [0.1, 0.15) is 11.3 Å². The van der Waals surface area contributed by atoms with Crippen molar-refractivity contribution >= 4 is 22.7 Å². The molecule has 1 aliphatic heterocycles. The van der Waals surface area contributed by atoms with Crippen LogP contribution in [0, 0.1) is 6.92 Å². The lowest BCUT2D eigenvalue weighted by Crippen LogP contribution is -2.33. The molecule has 2 unspecified atom stereocenters. The number of hydrogen-bond donors (Lipinski definition) is 2. The van der Waals surface area contributed by atoms with E-state index in [1.54, 1.807) is 0 Å². The van der Waals surface area contributed by atoms with Crippen molar-refractivity contribution in [1.29, 1.82) is 0 Å². The van der Waals surface area contributed by atoms with Gasteiger partial charge in [-0.2, -0.15) is 11.8 Å². The standard InChI is InChI=1S/C14H18N2OS/c1-9-4-5-11-10(7-9)8-12(17-11)14(16-15)13-3-2-6-18-13/h4-5,7-8,13-14,16H,2-3,6,15H2,1H3. The van der Waals surface area contributed by atoms with Crippen molar-refractivity contribution in [2.24, 2.45) is 5.84 Å². The summed E-state index contributed by atoms with van der Waals surface area (Å²) in [6.45, 7) is 2.09. The van der Waals surface area contributed by atoms with E-state index in [-0.39, 0.29) is 6.04 Å². The van der Waals surface area contributed by atoms with Crippen LogP contribution in [0.4, 0.5) is 0 Å².